The number of nitrogens with zero attached hydrogens (tertiary/aromatic N) is 1. The van der Waals surface area contributed by atoms with Crippen molar-refractivity contribution < 1.29 is 34.4 Å². The number of ether oxygens (including phenoxy) is 2. The summed E-state index contributed by atoms with van der Waals surface area (Å²) in [7, 11) is 1.31. The number of aliphatic hydroxyl groups is 2. The summed E-state index contributed by atoms with van der Waals surface area (Å²) >= 11 is 0. The van der Waals surface area contributed by atoms with Gasteiger partial charge in [-0.3, -0.25) is 9.69 Å². The van der Waals surface area contributed by atoms with E-state index < -0.39 is 34.5 Å². The van der Waals surface area contributed by atoms with E-state index in [1.807, 2.05) is 13.0 Å². The SMILES string of the molecule is COC(=O)C1(NC(=O)/C(C)=C(\O)[C@@H]2Oc3c(O)ccc4c3[C@@]23CCN(CC2CC2)[C@H](C4)[C@@]3(C)O)CCCCC1. The lowest BCUT2D eigenvalue weighted by Crippen LogP contribution is -2.73. The summed E-state index contributed by atoms with van der Waals surface area (Å²) in [6.45, 7) is 4.98. The first kappa shape index (κ1) is 26.4. The fourth-order valence-corrected chi connectivity index (χ4v) is 7.93. The molecule has 2 heterocycles. The third-order valence-corrected chi connectivity index (χ3v) is 10.4. The Bertz CT molecular complexity index is 1230. The number of hydrogen-bond acceptors (Lipinski definition) is 8. The van der Waals surface area contributed by atoms with E-state index in [1.54, 1.807) is 6.07 Å². The van der Waals surface area contributed by atoms with Crippen LogP contribution in [-0.4, -0.2) is 75.6 Å². The van der Waals surface area contributed by atoms with E-state index in [0.717, 1.165) is 43.5 Å². The summed E-state index contributed by atoms with van der Waals surface area (Å²) < 4.78 is 11.4. The van der Waals surface area contributed by atoms with Crippen molar-refractivity contribution in [2.45, 2.75) is 100 Å². The number of phenolic OH excluding ortho intramolecular Hbond substituents is 1. The van der Waals surface area contributed by atoms with Crippen molar-refractivity contribution in [2.24, 2.45) is 5.92 Å². The number of aliphatic hydroxyl groups excluding tert-OH is 1. The maximum Gasteiger partial charge on any atom is 0.331 e. The van der Waals surface area contributed by atoms with Gasteiger partial charge in [0.05, 0.1) is 23.7 Å². The molecule has 1 saturated heterocycles. The van der Waals surface area contributed by atoms with Gasteiger partial charge < -0.3 is 30.1 Å². The fourth-order valence-electron chi connectivity index (χ4n) is 7.93. The zero-order valence-electron chi connectivity index (χ0n) is 23.1. The predicted octanol–water partition coefficient (Wildman–Crippen LogP) is 3.01. The van der Waals surface area contributed by atoms with Gasteiger partial charge in [-0.1, -0.05) is 25.3 Å². The molecule has 3 aliphatic carbocycles. The molecular formula is C30H40N2O7. The average molecular weight is 541 g/mol. The van der Waals surface area contributed by atoms with Gasteiger partial charge in [0.15, 0.2) is 17.6 Å². The lowest BCUT2D eigenvalue weighted by Gasteiger charge is -2.59. The highest BCUT2D eigenvalue weighted by Crippen LogP contribution is 2.63. The molecule has 0 unspecified atom stereocenters. The van der Waals surface area contributed by atoms with Crippen LogP contribution in [0.2, 0.25) is 0 Å². The average Bonchev–Trinajstić information content (AvgIpc) is 3.66. The number of benzene rings is 1. The van der Waals surface area contributed by atoms with Crippen LogP contribution in [0.3, 0.4) is 0 Å². The number of phenols is 1. The normalized spacial score (nSPS) is 33.4. The minimum Gasteiger partial charge on any atom is -0.508 e. The largest absolute Gasteiger partial charge is 0.508 e. The van der Waals surface area contributed by atoms with Crippen LogP contribution in [0.1, 0.15) is 76.3 Å². The lowest BCUT2D eigenvalue weighted by atomic mass is 9.53. The van der Waals surface area contributed by atoms with Crippen molar-refractivity contribution in [3.05, 3.63) is 34.6 Å². The van der Waals surface area contributed by atoms with Gasteiger partial charge in [0.25, 0.3) is 5.91 Å². The summed E-state index contributed by atoms with van der Waals surface area (Å²) in [5.74, 6) is -0.471. The van der Waals surface area contributed by atoms with Gasteiger partial charge in [-0.05, 0) is 76.5 Å². The van der Waals surface area contributed by atoms with E-state index in [1.165, 1.54) is 26.9 Å². The van der Waals surface area contributed by atoms with Gasteiger partial charge in [-0.2, -0.15) is 0 Å². The summed E-state index contributed by atoms with van der Waals surface area (Å²) in [6, 6.07) is 3.31. The number of fused-ring (bicyclic) bond motifs is 1. The first-order valence-corrected chi connectivity index (χ1v) is 14.3. The van der Waals surface area contributed by atoms with Gasteiger partial charge in [0.2, 0.25) is 0 Å². The number of carbonyl (C=O) groups is 2. The Morgan fingerprint density at radius 1 is 1.18 bits per heavy atom. The summed E-state index contributed by atoms with van der Waals surface area (Å²) in [6.07, 6.45) is 5.98. The zero-order chi connectivity index (χ0) is 27.7. The van der Waals surface area contributed by atoms with Gasteiger partial charge in [-0.25, -0.2) is 4.79 Å². The number of methoxy groups -OCH3 is 1. The van der Waals surface area contributed by atoms with Crippen molar-refractivity contribution in [3.63, 3.8) is 0 Å². The second-order valence-corrected chi connectivity index (χ2v) is 12.6. The van der Waals surface area contributed by atoms with E-state index >= 15 is 0 Å². The van der Waals surface area contributed by atoms with Crippen molar-refractivity contribution >= 4 is 11.9 Å². The van der Waals surface area contributed by atoms with Gasteiger partial charge in [0.1, 0.15) is 11.3 Å². The molecule has 1 amide bonds. The highest BCUT2D eigenvalue weighted by Gasteiger charge is 2.69. The van der Waals surface area contributed by atoms with Crippen molar-refractivity contribution in [1.29, 1.82) is 0 Å². The maximum atomic E-state index is 13.6. The number of piperidine rings is 1. The number of rotatable bonds is 6. The van der Waals surface area contributed by atoms with Crippen molar-refractivity contribution in [1.82, 2.24) is 10.2 Å². The molecule has 9 nitrogen and oxygen atoms in total. The van der Waals surface area contributed by atoms with Crippen molar-refractivity contribution in [3.8, 4) is 11.5 Å². The lowest BCUT2D eigenvalue weighted by molar-refractivity contribution is -0.154. The first-order valence-electron chi connectivity index (χ1n) is 14.3. The quantitative estimate of drug-likeness (QED) is 0.246. The predicted molar refractivity (Wildman–Crippen MR) is 143 cm³/mol. The Balaban J connectivity index is 1.39. The summed E-state index contributed by atoms with van der Waals surface area (Å²) in [4.78, 5) is 28.7. The molecule has 212 valence electrons. The molecule has 0 radical (unpaired) electrons. The molecule has 0 aromatic heterocycles. The minimum absolute atomic E-state index is 0.0235. The van der Waals surface area contributed by atoms with E-state index in [-0.39, 0.29) is 28.9 Å². The van der Waals surface area contributed by atoms with Crippen LogP contribution in [-0.2, 0) is 26.2 Å². The van der Waals surface area contributed by atoms with Crippen LogP contribution in [0.5, 0.6) is 11.5 Å². The Morgan fingerprint density at radius 3 is 2.56 bits per heavy atom. The Labute approximate surface area is 229 Å². The van der Waals surface area contributed by atoms with Crippen LogP contribution >= 0.6 is 0 Å². The third kappa shape index (κ3) is 3.79. The molecule has 3 fully saturated rings. The highest BCUT2D eigenvalue weighted by molar-refractivity contribution is 5.97. The molecule has 1 aromatic carbocycles. The molecule has 1 aromatic rings. The summed E-state index contributed by atoms with van der Waals surface area (Å²) in [5.41, 5.74) is -1.73. The van der Waals surface area contributed by atoms with Crippen LogP contribution in [0, 0.1) is 5.92 Å². The standard InChI is InChI=1S/C30H40N2O7/c1-17(26(35)31-29(27(36)38-3)11-5-4-6-12-29)23(34)25-30-13-14-32(16-18-7-8-18)21(28(30,2)37)15-19-9-10-20(33)24(39-25)22(19)30/h9-10,18,21,25,33-34,37H,4-8,11-16H2,1-3H3,(H,31,35)/b23-17-/t21-,25+,28-,30+/m1/s1. The van der Waals surface area contributed by atoms with Crippen molar-refractivity contribution in [2.75, 3.05) is 20.2 Å². The molecule has 2 saturated carbocycles. The molecule has 6 rings (SSSR count). The molecule has 4 atom stereocenters. The Morgan fingerprint density at radius 2 is 1.90 bits per heavy atom. The third-order valence-electron chi connectivity index (χ3n) is 10.4. The van der Waals surface area contributed by atoms with Gasteiger partial charge in [-0.15, -0.1) is 0 Å². The van der Waals surface area contributed by atoms with Crippen LogP contribution in [0.4, 0.5) is 0 Å². The number of hydrogen-bond donors (Lipinski definition) is 4. The number of likely N-dealkylation sites (tertiary alicyclic amines) is 1. The Kier molecular flexibility index (Phi) is 6.19. The number of aromatic hydroxyl groups is 1. The number of nitrogens with one attached hydrogen (secondary N) is 1. The number of esters is 1. The monoisotopic (exact) mass is 540 g/mol. The number of amides is 1. The second-order valence-electron chi connectivity index (χ2n) is 12.6. The van der Waals surface area contributed by atoms with Crippen LogP contribution < -0.4 is 10.1 Å². The Hall–Kier alpha value is -2.78. The molecular weight excluding hydrogens is 500 g/mol. The zero-order valence-corrected chi connectivity index (χ0v) is 23.1. The minimum atomic E-state index is -1.29. The van der Waals surface area contributed by atoms with Gasteiger partial charge >= 0.3 is 5.97 Å². The topological polar surface area (TPSA) is 129 Å². The maximum absolute atomic E-state index is 13.6. The molecule has 9 heteroatoms. The fraction of sp³-hybridized carbons (Fsp3) is 0.667. The smallest absolute Gasteiger partial charge is 0.331 e. The van der Waals surface area contributed by atoms with Crippen LogP contribution in [0.15, 0.2) is 23.5 Å². The van der Waals surface area contributed by atoms with E-state index in [2.05, 4.69) is 10.2 Å². The summed E-state index contributed by atoms with van der Waals surface area (Å²) in [5, 5.41) is 37.7. The number of carbonyl (C=O) groups excluding carboxylic acids is 2. The van der Waals surface area contributed by atoms with Crippen LogP contribution in [0.25, 0.3) is 0 Å². The molecule has 39 heavy (non-hydrogen) atoms. The van der Waals surface area contributed by atoms with Gasteiger partial charge in [0, 0.05) is 18.2 Å². The molecule has 2 bridgehead atoms. The molecule has 1 spiro atoms. The van der Waals surface area contributed by atoms with E-state index in [4.69, 9.17) is 9.47 Å². The van der Waals surface area contributed by atoms with E-state index in [9.17, 15) is 24.9 Å². The van der Waals surface area contributed by atoms with E-state index in [0.29, 0.717) is 31.6 Å². The molecule has 4 N–H and O–H groups in total. The first-order chi connectivity index (χ1) is 18.6. The molecule has 2 aliphatic heterocycles. The second kappa shape index (κ2) is 9.13. The molecule has 5 aliphatic rings. The highest BCUT2D eigenvalue weighted by atomic mass is 16.5.